The molecule has 0 bridgehead atoms. The molecule has 0 fully saturated rings. The largest absolute Gasteiger partial charge is 0.497 e. The molecule has 1 radical (unpaired) electrons. The van der Waals surface area contributed by atoms with Gasteiger partial charge < -0.3 is 4.74 Å². The van der Waals surface area contributed by atoms with Crippen LogP contribution < -0.4 is 4.74 Å². The molecule has 2 rings (SSSR count). The molecule has 0 N–H and O–H groups in total. The van der Waals surface area contributed by atoms with E-state index in [9.17, 15) is 0 Å². The van der Waals surface area contributed by atoms with E-state index in [1.165, 1.54) is 11.1 Å². The predicted octanol–water partition coefficient (Wildman–Crippen LogP) is 4.21. The zero-order valence-electron chi connectivity index (χ0n) is 11.2. The molecule has 2 aromatic carbocycles. The fourth-order valence-electron chi connectivity index (χ4n) is 1.96. The van der Waals surface area contributed by atoms with Crippen LogP contribution in [0.15, 0.2) is 42.5 Å². The van der Waals surface area contributed by atoms with Crippen LogP contribution in [-0.2, 0) is 6.42 Å². The van der Waals surface area contributed by atoms with Crippen LogP contribution in [0.3, 0.4) is 0 Å². The SMILES string of the molecule is COc1cc[c]c(Cc2ccc(C(C)C)cc2)c1. The van der Waals surface area contributed by atoms with Crippen molar-refractivity contribution in [3.8, 4) is 5.75 Å². The number of benzene rings is 2. The average molecular weight is 239 g/mol. The summed E-state index contributed by atoms with van der Waals surface area (Å²) in [7, 11) is 1.69. The molecule has 0 aliphatic carbocycles. The average Bonchev–Trinajstić information content (AvgIpc) is 2.39. The number of ether oxygens (including phenoxy) is 1. The van der Waals surface area contributed by atoms with Crippen molar-refractivity contribution >= 4 is 0 Å². The number of methoxy groups -OCH3 is 1. The molecule has 0 aliphatic rings. The van der Waals surface area contributed by atoms with E-state index in [1.807, 2.05) is 18.2 Å². The van der Waals surface area contributed by atoms with Gasteiger partial charge in [0, 0.05) is 0 Å². The zero-order valence-corrected chi connectivity index (χ0v) is 11.2. The molecule has 1 heteroatoms. The van der Waals surface area contributed by atoms with Crippen molar-refractivity contribution in [3.63, 3.8) is 0 Å². The van der Waals surface area contributed by atoms with Crippen LogP contribution in [-0.4, -0.2) is 7.11 Å². The summed E-state index contributed by atoms with van der Waals surface area (Å²) in [6.45, 7) is 4.43. The van der Waals surface area contributed by atoms with Crippen molar-refractivity contribution in [2.45, 2.75) is 26.2 Å². The molecule has 2 aromatic rings. The number of hydrogen-bond acceptors (Lipinski definition) is 1. The van der Waals surface area contributed by atoms with Gasteiger partial charge in [0.15, 0.2) is 0 Å². The molecule has 93 valence electrons. The quantitative estimate of drug-likeness (QED) is 0.776. The Morgan fingerprint density at radius 3 is 2.44 bits per heavy atom. The van der Waals surface area contributed by atoms with Crippen LogP contribution in [0, 0.1) is 6.07 Å². The third-order valence-corrected chi connectivity index (χ3v) is 3.11. The minimum atomic E-state index is 0.586. The topological polar surface area (TPSA) is 9.23 Å². The molecule has 0 spiro atoms. The van der Waals surface area contributed by atoms with Crippen molar-refractivity contribution in [2.24, 2.45) is 0 Å². The zero-order chi connectivity index (χ0) is 13.0. The minimum Gasteiger partial charge on any atom is -0.497 e. The van der Waals surface area contributed by atoms with Gasteiger partial charge in [-0.15, -0.1) is 0 Å². The molecule has 0 saturated heterocycles. The second kappa shape index (κ2) is 5.72. The van der Waals surface area contributed by atoms with Gasteiger partial charge in [-0.25, -0.2) is 0 Å². The lowest BCUT2D eigenvalue weighted by atomic mass is 9.99. The standard InChI is InChI=1S/C17H19O/c1-13(2)16-9-7-14(8-10-16)11-15-5-4-6-17(12-15)18-3/h4,6-10,12-13H,11H2,1-3H3. The minimum absolute atomic E-state index is 0.586. The van der Waals surface area contributed by atoms with Gasteiger partial charge >= 0.3 is 0 Å². The van der Waals surface area contributed by atoms with Crippen LogP contribution >= 0.6 is 0 Å². The van der Waals surface area contributed by atoms with Crippen LogP contribution in [0.1, 0.15) is 36.5 Å². The van der Waals surface area contributed by atoms with Crippen molar-refractivity contribution < 1.29 is 4.74 Å². The molecule has 0 saturated carbocycles. The Balaban J connectivity index is 2.13. The summed E-state index contributed by atoms with van der Waals surface area (Å²) in [5.74, 6) is 1.48. The summed E-state index contributed by atoms with van der Waals surface area (Å²) >= 11 is 0. The van der Waals surface area contributed by atoms with Crippen molar-refractivity contribution in [3.05, 3.63) is 65.2 Å². The Kier molecular flexibility index (Phi) is 4.03. The van der Waals surface area contributed by atoms with Crippen LogP contribution in [0.2, 0.25) is 0 Å². The van der Waals surface area contributed by atoms with Gasteiger partial charge in [-0.05, 0) is 47.2 Å². The lowest BCUT2D eigenvalue weighted by molar-refractivity contribution is 0.414. The maximum absolute atomic E-state index is 5.22. The molecule has 0 unspecified atom stereocenters. The van der Waals surface area contributed by atoms with Crippen molar-refractivity contribution in [1.29, 1.82) is 0 Å². The Bertz CT molecular complexity index is 497. The van der Waals surface area contributed by atoms with Gasteiger partial charge in [-0.3, -0.25) is 0 Å². The molecular weight excluding hydrogens is 220 g/mol. The normalized spacial score (nSPS) is 10.7. The first-order valence-electron chi connectivity index (χ1n) is 6.32. The first-order chi connectivity index (χ1) is 8.69. The summed E-state index contributed by atoms with van der Waals surface area (Å²) in [5.41, 5.74) is 3.85. The van der Waals surface area contributed by atoms with Gasteiger partial charge in [-0.1, -0.05) is 44.2 Å². The first-order valence-corrected chi connectivity index (χ1v) is 6.32. The van der Waals surface area contributed by atoms with Crippen LogP contribution in [0.5, 0.6) is 5.75 Å². The summed E-state index contributed by atoms with van der Waals surface area (Å²) in [5, 5.41) is 0. The monoisotopic (exact) mass is 239 g/mol. The second-order valence-electron chi connectivity index (χ2n) is 4.83. The van der Waals surface area contributed by atoms with E-state index in [2.05, 4.69) is 44.2 Å². The Morgan fingerprint density at radius 1 is 1.11 bits per heavy atom. The Labute approximate surface area is 109 Å². The fourth-order valence-corrected chi connectivity index (χ4v) is 1.96. The fraction of sp³-hybridized carbons (Fsp3) is 0.294. The number of rotatable bonds is 4. The summed E-state index contributed by atoms with van der Waals surface area (Å²) in [6.07, 6.45) is 0.898. The highest BCUT2D eigenvalue weighted by molar-refractivity contribution is 5.33. The van der Waals surface area contributed by atoms with E-state index < -0.39 is 0 Å². The second-order valence-corrected chi connectivity index (χ2v) is 4.83. The lowest BCUT2D eigenvalue weighted by Crippen LogP contribution is -1.92. The maximum atomic E-state index is 5.22. The third-order valence-electron chi connectivity index (χ3n) is 3.11. The molecule has 0 amide bonds. The summed E-state index contributed by atoms with van der Waals surface area (Å²) in [6, 6.07) is 17.9. The molecule has 1 nitrogen and oxygen atoms in total. The Morgan fingerprint density at radius 2 is 1.83 bits per heavy atom. The van der Waals surface area contributed by atoms with Crippen molar-refractivity contribution in [1.82, 2.24) is 0 Å². The molecular formula is C17H19O. The summed E-state index contributed by atoms with van der Waals surface area (Å²) < 4.78 is 5.22. The van der Waals surface area contributed by atoms with E-state index in [0.29, 0.717) is 5.92 Å². The predicted molar refractivity (Wildman–Crippen MR) is 75.2 cm³/mol. The molecule has 0 aromatic heterocycles. The highest BCUT2D eigenvalue weighted by atomic mass is 16.5. The molecule has 0 aliphatic heterocycles. The van der Waals surface area contributed by atoms with E-state index >= 15 is 0 Å². The lowest BCUT2D eigenvalue weighted by Gasteiger charge is -2.07. The van der Waals surface area contributed by atoms with E-state index in [4.69, 9.17) is 4.74 Å². The molecule has 18 heavy (non-hydrogen) atoms. The first kappa shape index (κ1) is 12.7. The highest BCUT2D eigenvalue weighted by Gasteiger charge is 2.01. The third kappa shape index (κ3) is 3.13. The van der Waals surface area contributed by atoms with Gasteiger partial charge in [-0.2, -0.15) is 0 Å². The van der Waals surface area contributed by atoms with E-state index in [0.717, 1.165) is 17.7 Å². The number of hydrogen-bond donors (Lipinski definition) is 0. The van der Waals surface area contributed by atoms with Gasteiger partial charge in [0.2, 0.25) is 0 Å². The molecule has 0 heterocycles. The smallest absolute Gasteiger partial charge is 0.119 e. The van der Waals surface area contributed by atoms with E-state index in [-0.39, 0.29) is 0 Å². The highest BCUT2D eigenvalue weighted by Crippen LogP contribution is 2.18. The maximum Gasteiger partial charge on any atom is 0.119 e. The van der Waals surface area contributed by atoms with Crippen LogP contribution in [0.4, 0.5) is 0 Å². The van der Waals surface area contributed by atoms with Gasteiger partial charge in [0.25, 0.3) is 0 Å². The van der Waals surface area contributed by atoms with Gasteiger partial charge in [0.1, 0.15) is 5.75 Å². The summed E-state index contributed by atoms with van der Waals surface area (Å²) in [4.78, 5) is 0. The van der Waals surface area contributed by atoms with Gasteiger partial charge in [0.05, 0.1) is 7.11 Å². The van der Waals surface area contributed by atoms with Crippen LogP contribution in [0.25, 0.3) is 0 Å². The van der Waals surface area contributed by atoms with Crippen molar-refractivity contribution in [2.75, 3.05) is 7.11 Å². The molecule has 0 atom stereocenters. The Hall–Kier alpha value is -1.76. The van der Waals surface area contributed by atoms with E-state index in [1.54, 1.807) is 7.11 Å².